The molecule has 206 valence electrons. The van der Waals surface area contributed by atoms with Crippen molar-refractivity contribution < 1.29 is 18.9 Å². The number of nitrogens with zero attached hydrogens (tertiary/aromatic N) is 3. The second-order valence-electron chi connectivity index (χ2n) is 9.48. The van der Waals surface area contributed by atoms with Gasteiger partial charge in [0.1, 0.15) is 12.4 Å². The van der Waals surface area contributed by atoms with Gasteiger partial charge in [-0.25, -0.2) is 4.98 Å². The monoisotopic (exact) mass is 603 g/mol. The van der Waals surface area contributed by atoms with Gasteiger partial charge in [-0.15, -0.1) is 6.58 Å². The fraction of sp³-hybridized carbons (Fsp3) is 0.258. The highest BCUT2D eigenvalue weighted by Gasteiger charge is 2.18. The number of allylic oxidation sites excluding steroid dienone is 1. The molecule has 3 aromatic carbocycles. The Morgan fingerprint density at radius 2 is 2.00 bits per heavy atom. The Kier molecular flexibility index (Phi) is 8.21. The van der Waals surface area contributed by atoms with E-state index in [0.717, 1.165) is 33.3 Å². The lowest BCUT2D eigenvalue weighted by Crippen LogP contribution is -2.23. The molecule has 8 nitrogen and oxygen atoms in total. The van der Waals surface area contributed by atoms with Crippen LogP contribution >= 0.6 is 15.9 Å². The van der Waals surface area contributed by atoms with Gasteiger partial charge in [0.05, 0.1) is 24.2 Å². The number of aromatic nitrogens is 2. The normalized spacial score (nSPS) is 13.1. The highest BCUT2D eigenvalue weighted by atomic mass is 79.9. The second-order valence-corrected chi connectivity index (χ2v) is 10.4. The van der Waals surface area contributed by atoms with E-state index in [1.165, 1.54) is 4.68 Å². The molecular formula is C31H30BrN3O5. The molecular weight excluding hydrogens is 574 g/mol. The first-order chi connectivity index (χ1) is 19.4. The molecule has 0 saturated heterocycles. The molecule has 0 spiro atoms. The van der Waals surface area contributed by atoms with Gasteiger partial charge in [-0.3, -0.25) is 4.79 Å². The molecule has 0 aliphatic carbocycles. The minimum absolute atomic E-state index is 0.0377. The summed E-state index contributed by atoms with van der Waals surface area (Å²) in [5, 5.41) is 5.11. The van der Waals surface area contributed by atoms with Crippen molar-refractivity contribution in [3.8, 4) is 23.0 Å². The molecule has 5 rings (SSSR count). The minimum atomic E-state index is -0.222. The molecule has 4 aromatic rings. The zero-order chi connectivity index (χ0) is 28.2. The average molecular weight is 605 g/mol. The van der Waals surface area contributed by atoms with E-state index < -0.39 is 0 Å². The number of fused-ring (bicyclic) bond motifs is 2. The number of ether oxygens (including phenoxy) is 4. The van der Waals surface area contributed by atoms with E-state index in [1.807, 2.05) is 49.4 Å². The van der Waals surface area contributed by atoms with Gasteiger partial charge in [-0.1, -0.05) is 41.9 Å². The highest BCUT2D eigenvalue weighted by Crippen LogP contribution is 2.36. The first kappa shape index (κ1) is 27.5. The second kappa shape index (κ2) is 12.0. The van der Waals surface area contributed by atoms with Crippen LogP contribution in [0, 0.1) is 0 Å². The standard InChI is InChI=1S/C31H30BrN3O5/c1-5-7-22-12-21(14-28(37-4)29(22)38-17-20-8-11-26-27(13-20)40-18-39-26)16-33-35-30(19(3)6-2)34-25-10-9-23(32)15-24(25)31(35)36/h5,8-16,19H,1,6-7,17-18H2,2-4H3/t19-/m1/s1. The van der Waals surface area contributed by atoms with Gasteiger partial charge >= 0.3 is 0 Å². The number of benzene rings is 3. The first-order valence-electron chi connectivity index (χ1n) is 13.0. The summed E-state index contributed by atoms with van der Waals surface area (Å²) in [5.41, 5.74) is 3.00. The fourth-order valence-corrected chi connectivity index (χ4v) is 4.83. The van der Waals surface area contributed by atoms with Crippen LogP contribution in [-0.2, 0) is 13.0 Å². The molecule has 0 fully saturated rings. The third-order valence-corrected chi connectivity index (χ3v) is 7.26. The molecule has 0 radical (unpaired) electrons. The van der Waals surface area contributed by atoms with E-state index in [4.69, 9.17) is 23.9 Å². The molecule has 9 heteroatoms. The molecule has 1 aliphatic heterocycles. The van der Waals surface area contributed by atoms with Crippen LogP contribution in [0.5, 0.6) is 23.0 Å². The smallest absolute Gasteiger partial charge is 0.282 e. The lowest BCUT2D eigenvalue weighted by Gasteiger charge is -2.16. The van der Waals surface area contributed by atoms with Crippen LogP contribution in [0.2, 0.25) is 0 Å². The predicted octanol–water partition coefficient (Wildman–Crippen LogP) is 6.60. The molecule has 0 saturated carbocycles. The van der Waals surface area contributed by atoms with Crippen molar-refractivity contribution >= 4 is 33.0 Å². The number of halogens is 1. The minimum Gasteiger partial charge on any atom is -0.493 e. The average Bonchev–Trinajstić information content (AvgIpc) is 3.44. The molecule has 40 heavy (non-hydrogen) atoms. The third kappa shape index (κ3) is 5.60. The first-order valence-corrected chi connectivity index (χ1v) is 13.8. The van der Waals surface area contributed by atoms with Crippen molar-refractivity contribution in [2.45, 2.75) is 39.2 Å². The van der Waals surface area contributed by atoms with Gasteiger partial charge in [0.25, 0.3) is 5.56 Å². The summed E-state index contributed by atoms with van der Waals surface area (Å²) in [5.74, 6) is 3.25. The number of methoxy groups -OCH3 is 1. The van der Waals surface area contributed by atoms with Gasteiger partial charge in [0.15, 0.2) is 23.0 Å². The predicted molar refractivity (Wildman–Crippen MR) is 159 cm³/mol. The highest BCUT2D eigenvalue weighted by molar-refractivity contribution is 9.10. The van der Waals surface area contributed by atoms with Crippen molar-refractivity contribution in [2.24, 2.45) is 5.10 Å². The van der Waals surface area contributed by atoms with Crippen molar-refractivity contribution in [2.75, 3.05) is 13.9 Å². The van der Waals surface area contributed by atoms with E-state index in [9.17, 15) is 4.79 Å². The zero-order valence-corrected chi connectivity index (χ0v) is 24.2. The van der Waals surface area contributed by atoms with Crippen molar-refractivity contribution in [3.63, 3.8) is 0 Å². The molecule has 0 amide bonds. The molecule has 0 bridgehead atoms. The van der Waals surface area contributed by atoms with Gasteiger partial charge < -0.3 is 18.9 Å². The summed E-state index contributed by atoms with van der Waals surface area (Å²) in [6.45, 7) is 8.54. The Morgan fingerprint density at radius 3 is 2.77 bits per heavy atom. The third-order valence-electron chi connectivity index (χ3n) is 6.77. The molecule has 0 unspecified atom stereocenters. The van der Waals surface area contributed by atoms with E-state index >= 15 is 0 Å². The molecule has 2 heterocycles. The van der Waals surface area contributed by atoms with E-state index in [2.05, 4.69) is 34.5 Å². The summed E-state index contributed by atoms with van der Waals surface area (Å²) in [6.07, 6.45) is 4.82. The van der Waals surface area contributed by atoms with Crippen LogP contribution in [0.3, 0.4) is 0 Å². The summed E-state index contributed by atoms with van der Waals surface area (Å²) < 4.78 is 25.0. The summed E-state index contributed by atoms with van der Waals surface area (Å²) >= 11 is 3.45. The topological polar surface area (TPSA) is 84.2 Å². The van der Waals surface area contributed by atoms with Gasteiger partial charge in [0, 0.05) is 16.0 Å². The van der Waals surface area contributed by atoms with Crippen LogP contribution in [-0.4, -0.2) is 29.8 Å². The SMILES string of the molecule is C=CCc1cc(C=Nn2c([C@H](C)CC)nc3ccc(Br)cc3c2=O)cc(OC)c1OCc1ccc2c(c1)OCO2. The maximum atomic E-state index is 13.5. The molecule has 1 atom stereocenters. The summed E-state index contributed by atoms with van der Waals surface area (Å²) in [7, 11) is 1.60. The van der Waals surface area contributed by atoms with Crippen LogP contribution in [0.1, 0.15) is 48.7 Å². The number of rotatable bonds is 10. The van der Waals surface area contributed by atoms with Crippen LogP contribution < -0.4 is 24.5 Å². The van der Waals surface area contributed by atoms with Crippen molar-refractivity contribution in [1.82, 2.24) is 9.66 Å². The Bertz CT molecular complexity index is 1660. The maximum Gasteiger partial charge on any atom is 0.282 e. The lowest BCUT2D eigenvalue weighted by atomic mass is 10.1. The number of hydrogen-bond donors (Lipinski definition) is 0. The quantitative estimate of drug-likeness (QED) is 0.150. The fourth-order valence-electron chi connectivity index (χ4n) is 4.47. The van der Waals surface area contributed by atoms with Crippen molar-refractivity contribution in [3.05, 3.63) is 98.5 Å². The Hall–Kier alpha value is -4.11. The van der Waals surface area contributed by atoms with E-state index in [0.29, 0.717) is 47.0 Å². The largest absolute Gasteiger partial charge is 0.493 e. The van der Waals surface area contributed by atoms with E-state index in [-0.39, 0.29) is 18.3 Å². The summed E-state index contributed by atoms with van der Waals surface area (Å²) in [4.78, 5) is 18.3. The Balaban J connectivity index is 1.50. The Labute approximate surface area is 241 Å². The molecule has 1 aromatic heterocycles. The maximum absolute atomic E-state index is 13.5. The lowest BCUT2D eigenvalue weighted by molar-refractivity contribution is 0.174. The van der Waals surface area contributed by atoms with Crippen LogP contribution in [0.4, 0.5) is 0 Å². The van der Waals surface area contributed by atoms with Gasteiger partial charge in [-0.05, 0) is 66.4 Å². The van der Waals surface area contributed by atoms with E-state index in [1.54, 1.807) is 25.5 Å². The number of hydrogen-bond acceptors (Lipinski definition) is 7. The molecule has 1 aliphatic rings. The van der Waals surface area contributed by atoms with Gasteiger partial charge in [0.2, 0.25) is 6.79 Å². The van der Waals surface area contributed by atoms with Crippen molar-refractivity contribution in [1.29, 1.82) is 0 Å². The summed E-state index contributed by atoms with van der Waals surface area (Å²) in [6, 6.07) is 15.0. The van der Waals surface area contributed by atoms with Crippen LogP contribution in [0.15, 0.2) is 75.6 Å². The van der Waals surface area contributed by atoms with Gasteiger partial charge in [-0.2, -0.15) is 9.78 Å². The zero-order valence-electron chi connectivity index (χ0n) is 22.6. The Morgan fingerprint density at radius 1 is 1.18 bits per heavy atom. The van der Waals surface area contributed by atoms with Crippen LogP contribution in [0.25, 0.3) is 10.9 Å². The molecule has 0 N–H and O–H groups in total.